The molecule has 0 radical (unpaired) electrons. The molecule has 100 valence electrons. The SMILES string of the molecule is CCC(CC)CNC(=O)COc1cccc(Br)c1. The third-order valence-electron chi connectivity index (χ3n) is 2.91. The summed E-state index contributed by atoms with van der Waals surface area (Å²) in [6.07, 6.45) is 2.17. The van der Waals surface area contributed by atoms with Crippen molar-refractivity contribution in [3.05, 3.63) is 28.7 Å². The second-order valence-electron chi connectivity index (χ2n) is 4.23. The lowest BCUT2D eigenvalue weighted by atomic mass is 10.0. The van der Waals surface area contributed by atoms with E-state index in [-0.39, 0.29) is 12.5 Å². The van der Waals surface area contributed by atoms with Gasteiger partial charge in [0.2, 0.25) is 0 Å². The molecule has 0 unspecified atom stereocenters. The molecule has 0 saturated carbocycles. The van der Waals surface area contributed by atoms with E-state index in [9.17, 15) is 4.79 Å². The lowest BCUT2D eigenvalue weighted by Crippen LogP contribution is -2.32. The Balaban J connectivity index is 2.29. The van der Waals surface area contributed by atoms with Gasteiger partial charge >= 0.3 is 0 Å². The molecule has 0 aromatic heterocycles. The first-order valence-corrected chi connectivity index (χ1v) is 7.10. The third kappa shape index (κ3) is 5.54. The van der Waals surface area contributed by atoms with E-state index in [1.54, 1.807) is 0 Å². The highest BCUT2D eigenvalue weighted by Crippen LogP contribution is 2.17. The molecular formula is C14H20BrNO2. The Labute approximate surface area is 117 Å². The van der Waals surface area contributed by atoms with Gasteiger partial charge in [0.1, 0.15) is 5.75 Å². The van der Waals surface area contributed by atoms with Crippen LogP contribution in [-0.2, 0) is 4.79 Å². The first kappa shape index (κ1) is 15.0. The lowest BCUT2D eigenvalue weighted by Gasteiger charge is -2.13. The summed E-state index contributed by atoms with van der Waals surface area (Å²) in [5.74, 6) is 1.18. The van der Waals surface area contributed by atoms with Crippen molar-refractivity contribution < 1.29 is 9.53 Å². The highest BCUT2D eigenvalue weighted by molar-refractivity contribution is 9.10. The summed E-state index contributed by atoms with van der Waals surface area (Å²) < 4.78 is 6.35. The molecule has 0 spiro atoms. The van der Waals surface area contributed by atoms with Crippen LogP contribution in [0.5, 0.6) is 5.75 Å². The standard InChI is InChI=1S/C14H20BrNO2/c1-3-11(4-2)9-16-14(17)10-18-13-7-5-6-12(15)8-13/h5-8,11H,3-4,9-10H2,1-2H3,(H,16,17). The van der Waals surface area contributed by atoms with Crippen LogP contribution < -0.4 is 10.1 Å². The van der Waals surface area contributed by atoms with E-state index in [0.717, 1.165) is 23.9 Å². The van der Waals surface area contributed by atoms with Crippen molar-refractivity contribution in [1.82, 2.24) is 5.32 Å². The van der Waals surface area contributed by atoms with Crippen molar-refractivity contribution in [3.63, 3.8) is 0 Å². The topological polar surface area (TPSA) is 38.3 Å². The van der Waals surface area contributed by atoms with Gasteiger partial charge in [-0.15, -0.1) is 0 Å². The minimum atomic E-state index is -0.0677. The summed E-state index contributed by atoms with van der Waals surface area (Å²) >= 11 is 3.36. The fourth-order valence-corrected chi connectivity index (χ4v) is 1.97. The molecule has 1 aromatic rings. The summed E-state index contributed by atoms with van der Waals surface area (Å²) in [7, 11) is 0. The van der Waals surface area contributed by atoms with Gasteiger partial charge in [-0.2, -0.15) is 0 Å². The molecule has 3 nitrogen and oxygen atoms in total. The van der Waals surface area contributed by atoms with Gasteiger partial charge in [-0.25, -0.2) is 0 Å². The van der Waals surface area contributed by atoms with Gasteiger partial charge < -0.3 is 10.1 Å². The highest BCUT2D eigenvalue weighted by Gasteiger charge is 2.07. The Morgan fingerprint density at radius 1 is 1.39 bits per heavy atom. The lowest BCUT2D eigenvalue weighted by molar-refractivity contribution is -0.123. The van der Waals surface area contributed by atoms with Crippen LogP contribution in [0.1, 0.15) is 26.7 Å². The molecule has 4 heteroatoms. The average molecular weight is 314 g/mol. The monoisotopic (exact) mass is 313 g/mol. The van der Waals surface area contributed by atoms with Crippen LogP contribution in [-0.4, -0.2) is 19.1 Å². The normalized spacial score (nSPS) is 10.4. The van der Waals surface area contributed by atoms with Gasteiger partial charge in [-0.3, -0.25) is 4.79 Å². The summed E-state index contributed by atoms with van der Waals surface area (Å²) in [5, 5.41) is 2.89. The summed E-state index contributed by atoms with van der Waals surface area (Å²) in [6.45, 7) is 5.07. The number of carbonyl (C=O) groups excluding carboxylic acids is 1. The third-order valence-corrected chi connectivity index (χ3v) is 3.40. The largest absolute Gasteiger partial charge is 0.484 e. The summed E-state index contributed by atoms with van der Waals surface area (Å²) in [6, 6.07) is 7.47. The van der Waals surface area contributed by atoms with Crippen LogP contribution >= 0.6 is 15.9 Å². The van der Waals surface area contributed by atoms with Crippen LogP contribution in [0.2, 0.25) is 0 Å². The molecule has 0 aliphatic rings. The number of hydrogen-bond acceptors (Lipinski definition) is 2. The summed E-state index contributed by atoms with van der Waals surface area (Å²) in [4.78, 5) is 11.6. The Morgan fingerprint density at radius 2 is 2.11 bits per heavy atom. The number of amides is 1. The number of halogens is 1. The van der Waals surface area contributed by atoms with Gasteiger partial charge in [-0.05, 0) is 24.1 Å². The molecule has 0 atom stereocenters. The minimum absolute atomic E-state index is 0.0661. The van der Waals surface area contributed by atoms with Crippen molar-refractivity contribution in [2.24, 2.45) is 5.92 Å². The van der Waals surface area contributed by atoms with Crippen molar-refractivity contribution in [1.29, 1.82) is 0 Å². The number of rotatable bonds is 7. The van der Waals surface area contributed by atoms with Crippen molar-refractivity contribution >= 4 is 21.8 Å². The van der Waals surface area contributed by atoms with E-state index in [1.807, 2.05) is 24.3 Å². The van der Waals surface area contributed by atoms with E-state index in [2.05, 4.69) is 35.1 Å². The van der Waals surface area contributed by atoms with Crippen LogP contribution in [0.15, 0.2) is 28.7 Å². The zero-order valence-corrected chi connectivity index (χ0v) is 12.5. The van der Waals surface area contributed by atoms with E-state index in [1.165, 1.54) is 0 Å². The van der Waals surface area contributed by atoms with Gasteiger partial charge in [0, 0.05) is 11.0 Å². The fraction of sp³-hybridized carbons (Fsp3) is 0.500. The summed E-state index contributed by atoms with van der Waals surface area (Å²) in [5.41, 5.74) is 0. The Kier molecular flexibility index (Phi) is 6.80. The molecule has 0 fully saturated rings. The fourth-order valence-electron chi connectivity index (χ4n) is 1.59. The molecule has 0 aliphatic carbocycles. The van der Waals surface area contributed by atoms with Crippen LogP contribution in [0.3, 0.4) is 0 Å². The zero-order chi connectivity index (χ0) is 13.4. The van der Waals surface area contributed by atoms with Crippen molar-refractivity contribution in [2.45, 2.75) is 26.7 Å². The molecule has 0 heterocycles. The number of benzene rings is 1. The maximum absolute atomic E-state index is 11.6. The number of hydrogen-bond donors (Lipinski definition) is 1. The van der Waals surface area contributed by atoms with Crippen LogP contribution in [0.25, 0.3) is 0 Å². The van der Waals surface area contributed by atoms with Crippen LogP contribution in [0, 0.1) is 5.92 Å². The molecule has 1 aromatic carbocycles. The van der Waals surface area contributed by atoms with Gasteiger partial charge in [-0.1, -0.05) is 48.7 Å². The molecule has 0 saturated heterocycles. The molecule has 0 bridgehead atoms. The maximum Gasteiger partial charge on any atom is 0.257 e. The maximum atomic E-state index is 11.6. The van der Waals surface area contributed by atoms with Crippen molar-refractivity contribution in [2.75, 3.05) is 13.2 Å². The molecular weight excluding hydrogens is 294 g/mol. The Bertz CT molecular complexity index is 378. The van der Waals surface area contributed by atoms with E-state index in [0.29, 0.717) is 11.7 Å². The predicted molar refractivity (Wildman–Crippen MR) is 76.7 cm³/mol. The second kappa shape index (κ2) is 8.14. The van der Waals surface area contributed by atoms with E-state index in [4.69, 9.17) is 4.74 Å². The molecule has 1 amide bonds. The second-order valence-corrected chi connectivity index (χ2v) is 5.15. The molecule has 1 N–H and O–H groups in total. The number of ether oxygens (including phenoxy) is 1. The zero-order valence-electron chi connectivity index (χ0n) is 10.9. The first-order chi connectivity index (χ1) is 8.65. The van der Waals surface area contributed by atoms with Crippen LogP contribution in [0.4, 0.5) is 0 Å². The van der Waals surface area contributed by atoms with E-state index < -0.39 is 0 Å². The molecule has 18 heavy (non-hydrogen) atoms. The van der Waals surface area contributed by atoms with Crippen molar-refractivity contribution in [3.8, 4) is 5.75 Å². The van der Waals surface area contributed by atoms with Gasteiger partial charge in [0.05, 0.1) is 0 Å². The quantitative estimate of drug-likeness (QED) is 0.838. The van der Waals surface area contributed by atoms with Gasteiger partial charge in [0.15, 0.2) is 6.61 Å². The highest BCUT2D eigenvalue weighted by atomic mass is 79.9. The number of nitrogens with one attached hydrogen (secondary N) is 1. The Hall–Kier alpha value is -1.03. The minimum Gasteiger partial charge on any atom is -0.484 e. The number of carbonyl (C=O) groups is 1. The molecule has 0 aliphatic heterocycles. The average Bonchev–Trinajstić information content (AvgIpc) is 2.37. The molecule has 1 rings (SSSR count). The predicted octanol–water partition coefficient (Wildman–Crippen LogP) is 3.38. The smallest absolute Gasteiger partial charge is 0.257 e. The first-order valence-electron chi connectivity index (χ1n) is 6.30. The van der Waals surface area contributed by atoms with Gasteiger partial charge in [0.25, 0.3) is 5.91 Å². The van der Waals surface area contributed by atoms with E-state index >= 15 is 0 Å². The Morgan fingerprint density at radius 3 is 2.72 bits per heavy atom.